The molecule has 0 unspecified atom stereocenters. The molecule has 0 spiro atoms. The van der Waals surface area contributed by atoms with Crippen LogP contribution in [0.25, 0.3) is 0 Å². The van der Waals surface area contributed by atoms with Crippen LogP contribution in [0.2, 0.25) is 0 Å². The Morgan fingerprint density at radius 1 is 1.50 bits per heavy atom. The molecule has 1 heterocycles. The van der Waals surface area contributed by atoms with Crippen molar-refractivity contribution in [3.8, 4) is 0 Å². The fraction of sp³-hybridized carbons (Fsp3) is 0.462. The highest BCUT2D eigenvalue weighted by Gasteiger charge is 2.24. The quantitative estimate of drug-likeness (QED) is 0.810. The van der Waals surface area contributed by atoms with Crippen LogP contribution in [0.1, 0.15) is 17.5 Å². The number of aryl methyl sites for hydroxylation is 1. The first kappa shape index (κ1) is 11.1. The fourth-order valence-corrected chi connectivity index (χ4v) is 2.05. The molecule has 0 radical (unpaired) electrons. The van der Waals surface area contributed by atoms with E-state index >= 15 is 0 Å². The van der Waals surface area contributed by atoms with Gasteiger partial charge in [-0.2, -0.15) is 0 Å². The predicted octanol–water partition coefficient (Wildman–Crippen LogP) is 1.13. The predicted molar refractivity (Wildman–Crippen MR) is 62.1 cm³/mol. The van der Waals surface area contributed by atoms with Gasteiger partial charge in [-0.3, -0.25) is 4.79 Å². The third-order valence-electron chi connectivity index (χ3n) is 3.12. The number of hydrogen-bond acceptors (Lipinski definition) is 2. The van der Waals surface area contributed by atoms with Crippen LogP contribution in [0.5, 0.6) is 0 Å². The number of hydrogen-bond donors (Lipinski definition) is 1. The van der Waals surface area contributed by atoms with E-state index in [9.17, 15) is 9.90 Å². The van der Waals surface area contributed by atoms with Gasteiger partial charge in [0, 0.05) is 13.1 Å². The molecular formula is C13H17NO2. The molecule has 1 amide bonds. The number of rotatable bonds is 2. The summed E-state index contributed by atoms with van der Waals surface area (Å²) in [6.45, 7) is 3.19. The van der Waals surface area contributed by atoms with Crippen LogP contribution < -0.4 is 0 Å². The Labute approximate surface area is 95.7 Å². The first-order chi connectivity index (χ1) is 7.66. The van der Waals surface area contributed by atoms with E-state index in [1.807, 2.05) is 31.2 Å². The summed E-state index contributed by atoms with van der Waals surface area (Å²) < 4.78 is 0. The first-order valence-corrected chi connectivity index (χ1v) is 5.67. The van der Waals surface area contributed by atoms with E-state index in [4.69, 9.17) is 0 Å². The minimum Gasteiger partial charge on any atom is -0.391 e. The Morgan fingerprint density at radius 2 is 2.25 bits per heavy atom. The number of carbonyl (C=O) groups is 1. The molecule has 1 aromatic carbocycles. The summed E-state index contributed by atoms with van der Waals surface area (Å²) in [4.78, 5) is 13.7. The minimum absolute atomic E-state index is 0.117. The van der Waals surface area contributed by atoms with E-state index in [1.54, 1.807) is 4.90 Å². The summed E-state index contributed by atoms with van der Waals surface area (Å²) in [7, 11) is 0. The standard InChI is InChI=1S/C13H17NO2/c1-10-4-2-3-5-11(10)8-13(16)14-7-6-12(15)9-14/h2-5,12,15H,6-9H2,1H3/t12-/m0/s1. The van der Waals surface area contributed by atoms with Crippen LogP contribution in [0.15, 0.2) is 24.3 Å². The van der Waals surface area contributed by atoms with Gasteiger partial charge in [-0.05, 0) is 24.5 Å². The Hall–Kier alpha value is -1.35. The van der Waals surface area contributed by atoms with Gasteiger partial charge in [0.25, 0.3) is 0 Å². The second-order valence-electron chi connectivity index (χ2n) is 4.39. The van der Waals surface area contributed by atoms with E-state index in [1.165, 1.54) is 0 Å². The highest BCUT2D eigenvalue weighted by Crippen LogP contribution is 2.13. The summed E-state index contributed by atoms with van der Waals surface area (Å²) >= 11 is 0. The number of carbonyl (C=O) groups excluding carboxylic acids is 1. The van der Waals surface area contributed by atoms with Crippen LogP contribution in [-0.2, 0) is 11.2 Å². The van der Waals surface area contributed by atoms with Gasteiger partial charge in [0.05, 0.1) is 12.5 Å². The van der Waals surface area contributed by atoms with Crippen molar-refractivity contribution in [2.75, 3.05) is 13.1 Å². The van der Waals surface area contributed by atoms with Crippen LogP contribution in [0.4, 0.5) is 0 Å². The van der Waals surface area contributed by atoms with Gasteiger partial charge in [0.2, 0.25) is 5.91 Å². The van der Waals surface area contributed by atoms with E-state index in [-0.39, 0.29) is 12.0 Å². The lowest BCUT2D eigenvalue weighted by Gasteiger charge is -2.16. The van der Waals surface area contributed by atoms with Gasteiger partial charge in [0.1, 0.15) is 0 Å². The summed E-state index contributed by atoms with van der Waals surface area (Å²) in [6.07, 6.45) is 0.819. The molecule has 0 saturated carbocycles. The van der Waals surface area contributed by atoms with E-state index < -0.39 is 0 Å². The summed E-state index contributed by atoms with van der Waals surface area (Å²) in [5, 5.41) is 9.38. The molecule has 1 aromatic rings. The lowest BCUT2D eigenvalue weighted by molar-refractivity contribution is -0.129. The van der Waals surface area contributed by atoms with Crippen LogP contribution in [0.3, 0.4) is 0 Å². The first-order valence-electron chi connectivity index (χ1n) is 5.67. The summed E-state index contributed by atoms with van der Waals surface area (Å²) in [5.74, 6) is 0.117. The summed E-state index contributed by atoms with van der Waals surface area (Å²) in [6, 6.07) is 7.93. The second-order valence-corrected chi connectivity index (χ2v) is 4.39. The van der Waals surface area contributed by atoms with E-state index in [0.29, 0.717) is 25.9 Å². The monoisotopic (exact) mass is 219 g/mol. The zero-order valence-electron chi connectivity index (χ0n) is 9.52. The Morgan fingerprint density at radius 3 is 2.88 bits per heavy atom. The zero-order valence-corrected chi connectivity index (χ0v) is 9.52. The Bertz CT molecular complexity index is 389. The lowest BCUT2D eigenvalue weighted by atomic mass is 10.1. The van der Waals surface area contributed by atoms with Gasteiger partial charge in [-0.15, -0.1) is 0 Å². The molecule has 0 aliphatic carbocycles. The normalized spacial score (nSPS) is 20.1. The van der Waals surface area contributed by atoms with Crippen LogP contribution >= 0.6 is 0 Å². The molecule has 1 aliphatic heterocycles. The topological polar surface area (TPSA) is 40.5 Å². The average molecular weight is 219 g/mol. The zero-order chi connectivity index (χ0) is 11.5. The number of likely N-dealkylation sites (tertiary alicyclic amines) is 1. The molecule has 2 rings (SSSR count). The Balaban J connectivity index is 2.00. The molecule has 1 fully saturated rings. The smallest absolute Gasteiger partial charge is 0.227 e. The molecule has 86 valence electrons. The van der Waals surface area contributed by atoms with E-state index in [0.717, 1.165) is 11.1 Å². The van der Waals surface area contributed by atoms with Crippen LogP contribution in [-0.4, -0.2) is 35.1 Å². The van der Waals surface area contributed by atoms with Gasteiger partial charge in [0.15, 0.2) is 0 Å². The van der Waals surface area contributed by atoms with Crippen molar-refractivity contribution in [1.82, 2.24) is 4.90 Å². The highest BCUT2D eigenvalue weighted by molar-refractivity contribution is 5.79. The molecule has 3 nitrogen and oxygen atoms in total. The van der Waals surface area contributed by atoms with Gasteiger partial charge in [-0.25, -0.2) is 0 Å². The third-order valence-corrected chi connectivity index (χ3v) is 3.12. The van der Waals surface area contributed by atoms with Crippen molar-refractivity contribution in [2.24, 2.45) is 0 Å². The molecule has 1 saturated heterocycles. The van der Waals surface area contributed by atoms with Crippen LogP contribution in [0, 0.1) is 6.92 Å². The number of nitrogens with zero attached hydrogens (tertiary/aromatic N) is 1. The number of benzene rings is 1. The number of β-amino-alcohol motifs (C(OH)–C–C–N with tert-alkyl or cyclic N) is 1. The SMILES string of the molecule is Cc1ccccc1CC(=O)N1CC[C@H](O)C1. The third kappa shape index (κ3) is 2.42. The highest BCUT2D eigenvalue weighted by atomic mass is 16.3. The molecular weight excluding hydrogens is 202 g/mol. The van der Waals surface area contributed by atoms with Gasteiger partial charge < -0.3 is 10.0 Å². The molecule has 3 heteroatoms. The van der Waals surface area contributed by atoms with Gasteiger partial charge in [-0.1, -0.05) is 24.3 Å². The Kier molecular flexibility index (Phi) is 3.25. The lowest BCUT2D eigenvalue weighted by Crippen LogP contribution is -2.31. The maximum absolute atomic E-state index is 11.9. The number of aliphatic hydroxyl groups is 1. The molecule has 0 aromatic heterocycles. The molecule has 0 bridgehead atoms. The second kappa shape index (κ2) is 4.66. The summed E-state index contributed by atoms with van der Waals surface area (Å²) in [5.41, 5.74) is 2.23. The van der Waals surface area contributed by atoms with Crippen molar-refractivity contribution in [1.29, 1.82) is 0 Å². The molecule has 16 heavy (non-hydrogen) atoms. The van der Waals surface area contributed by atoms with Crippen molar-refractivity contribution < 1.29 is 9.90 Å². The largest absolute Gasteiger partial charge is 0.391 e. The average Bonchev–Trinajstić information content (AvgIpc) is 2.68. The maximum atomic E-state index is 11.9. The number of aliphatic hydroxyl groups excluding tert-OH is 1. The molecule has 1 N–H and O–H groups in total. The van der Waals surface area contributed by atoms with Gasteiger partial charge >= 0.3 is 0 Å². The van der Waals surface area contributed by atoms with Crippen molar-refractivity contribution in [3.05, 3.63) is 35.4 Å². The maximum Gasteiger partial charge on any atom is 0.227 e. The van der Waals surface area contributed by atoms with Crippen molar-refractivity contribution in [3.63, 3.8) is 0 Å². The molecule has 1 atom stereocenters. The fourth-order valence-electron chi connectivity index (χ4n) is 2.05. The van der Waals surface area contributed by atoms with Crippen molar-refractivity contribution >= 4 is 5.91 Å². The van der Waals surface area contributed by atoms with Crippen molar-refractivity contribution in [2.45, 2.75) is 25.9 Å². The number of amides is 1. The molecule has 1 aliphatic rings. The minimum atomic E-state index is -0.333. The van der Waals surface area contributed by atoms with E-state index in [2.05, 4.69) is 0 Å².